The molecule has 0 aliphatic rings. The number of carbonyl (C=O) groups is 1. The maximum Gasteiger partial charge on any atom is 0.412 e. The van der Waals surface area contributed by atoms with Crippen LogP contribution >= 0.6 is 0 Å². The van der Waals surface area contributed by atoms with Crippen LogP contribution in [0.3, 0.4) is 0 Å². The summed E-state index contributed by atoms with van der Waals surface area (Å²) >= 11 is 0. The second kappa shape index (κ2) is 6.51. The first-order valence-electron chi connectivity index (χ1n) is 8.13. The van der Waals surface area contributed by atoms with Crippen molar-refractivity contribution in [2.75, 3.05) is 5.32 Å². The SMILES string of the molecule is Cc1cc(NC(=O)OC(C)(C)C)cc(-c2ccc3nccnc3c2)c1. The van der Waals surface area contributed by atoms with Gasteiger partial charge in [0.05, 0.1) is 11.0 Å². The van der Waals surface area contributed by atoms with Gasteiger partial charge in [-0.15, -0.1) is 0 Å². The number of anilines is 1. The van der Waals surface area contributed by atoms with E-state index < -0.39 is 11.7 Å². The van der Waals surface area contributed by atoms with Gasteiger partial charge < -0.3 is 4.74 Å². The summed E-state index contributed by atoms with van der Waals surface area (Å²) in [7, 11) is 0. The molecule has 1 amide bonds. The largest absolute Gasteiger partial charge is 0.444 e. The number of rotatable bonds is 2. The molecule has 25 heavy (non-hydrogen) atoms. The van der Waals surface area contributed by atoms with E-state index in [9.17, 15) is 4.79 Å². The second-order valence-corrected chi connectivity index (χ2v) is 6.97. The maximum atomic E-state index is 12.0. The van der Waals surface area contributed by atoms with Crippen LogP contribution in [-0.2, 0) is 4.74 Å². The van der Waals surface area contributed by atoms with Gasteiger partial charge in [0.2, 0.25) is 0 Å². The highest BCUT2D eigenvalue weighted by atomic mass is 16.6. The molecule has 3 rings (SSSR count). The van der Waals surface area contributed by atoms with E-state index in [2.05, 4.69) is 21.4 Å². The number of hydrogen-bond acceptors (Lipinski definition) is 4. The first-order chi connectivity index (χ1) is 11.8. The molecule has 1 aromatic heterocycles. The molecule has 0 aliphatic carbocycles. The zero-order valence-corrected chi connectivity index (χ0v) is 14.8. The lowest BCUT2D eigenvalue weighted by Crippen LogP contribution is -2.27. The second-order valence-electron chi connectivity index (χ2n) is 6.97. The van der Waals surface area contributed by atoms with Crippen LogP contribution in [0.15, 0.2) is 48.8 Å². The number of aromatic nitrogens is 2. The Morgan fingerprint density at radius 3 is 2.40 bits per heavy atom. The van der Waals surface area contributed by atoms with Gasteiger partial charge in [0.15, 0.2) is 0 Å². The Bertz CT molecular complexity index is 930. The molecule has 1 heterocycles. The number of amides is 1. The van der Waals surface area contributed by atoms with Gasteiger partial charge in [0.25, 0.3) is 0 Å². The van der Waals surface area contributed by atoms with E-state index in [0.29, 0.717) is 5.69 Å². The van der Waals surface area contributed by atoms with Crippen LogP contribution in [0.5, 0.6) is 0 Å². The van der Waals surface area contributed by atoms with Gasteiger partial charge >= 0.3 is 6.09 Å². The predicted octanol–water partition coefficient (Wildman–Crippen LogP) is 4.95. The third kappa shape index (κ3) is 4.32. The summed E-state index contributed by atoms with van der Waals surface area (Å²) in [5.74, 6) is 0. The van der Waals surface area contributed by atoms with Crippen LogP contribution in [0, 0.1) is 6.92 Å². The first kappa shape index (κ1) is 16.9. The summed E-state index contributed by atoms with van der Waals surface area (Å²) in [4.78, 5) is 20.6. The fraction of sp³-hybridized carbons (Fsp3) is 0.250. The van der Waals surface area contributed by atoms with E-state index in [1.807, 2.05) is 58.0 Å². The number of ether oxygens (including phenoxy) is 1. The molecule has 0 bridgehead atoms. The van der Waals surface area contributed by atoms with E-state index in [1.54, 1.807) is 12.4 Å². The Balaban J connectivity index is 1.91. The average molecular weight is 335 g/mol. The van der Waals surface area contributed by atoms with Gasteiger partial charge in [-0.3, -0.25) is 15.3 Å². The summed E-state index contributed by atoms with van der Waals surface area (Å²) in [6.07, 6.45) is 2.89. The van der Waals surface area contributed by atoms with Crippen LogP contribution in [0.1, 0.15) is 26.3 Å². The molecule has 0 saturated heterocycles. The van der Waals surface area contributed by atoms with Crippen molar-refractivity contribution in [2.24, 2.45) is 0 Å². The van der Waals surface area contributed by atoms with Crippen LogP contribution in [0.2, 0.25) is 0 Å². The number of nitrogens with one attached hydrogen (secondary N) is 1. The van der Waals surface area contributed by atoms with Gasteiger partial charge in [-0.1, -0.05) is 12.1 Å². The van der Waals surface area contributed by atoms with Gasteiger partial charge in [-0.25, -0.2) is 4.79 Å². The van der Waals surface area contributed by atoms with Gasteiger partial charge in [0.1, 0.15) is 5.60 Å². The Labute approximate surface area is 147 Å². The van der Waals surface area contributed by atoms with Gasteiger partial charge in [0, 0.05) is 18.1 Å². The normalized spacial score (nSPS) is 11.4. The number of carbonyl (C=O) groups excluding carboxylic acids is 1. The average Bonchev–Trinajstić information content (AvgIpc) is 2.52. The number of benzene rings is 2. The monoisotopic (exact) mass is 335 g/mol. The fourth-order valence-corrected chi connectivity index (χ4v) is 2.59. The van der Waals surface area contributed by atoms with Gasteiger partial charge in [-0.2, -0.15) is 0 Å². The molecule has 0 unspecified atom stereocenters. The summed E-state index contributed by atoms with van der Waals surface area (Å²) in [6, 6.07) is 11.8. The molecule has 5 nitrogen and oxygen atoms in total. The minimum atomic E-state index is -0.534. The molecule has 0 spiro atoms. The molecular formula is C20H21N3O2. The molecule has 0 atom stereocenters. The molecule has 2 aromatic carbocycles. The van der Waals surface area contributed by atoms with Crippen molar-refractivity contribution in [1.82, 2.24) is 9.97 Å². The Morgan fingerprint density at radius 1 is 0.960 bits per heavy atom. The van der Waals surface area contributed by atoms with Crippen molar-refractivity contribution >= 4 is 22.8 Å². The highest BCUT2D eigenvalue weighted by Gasteiger charge is 2.16. The van der Waals surface area contributed by atoms with Crippen LogP contribution in [0.25, 0.3) is 22.2 Å². The maximum absolute atomic E-state index is 12.0. The fourth-order valence-electron chi connectivity index (χ4n) is 2.59. The number of aryl methyl sites for hydroxylation is 1. The van der Waals surface area contributed by atoms with Crippen molar-refractivity contribution < 1.29 is 9.53 Å². The summed E-state index contributed by atoms with van der Waals surface area (Å²) in [5.41, 5.74) is 4.91. The minimum Gasteiger partial charge on any atom is -0.444 e. The van der Waals surface area contributed by atoms with Crippen LogP contribution in [0.4, 0.5) is 10.5 Å². The zero-order valence-electron chi connectivity index (χ0n) is 14.8. The van der Waals surface area contributed by atoms with E-state index in [1.165, 1.54) is 0 Å². The van der Waals surface area contributed by atoms with Crippen LogP contribution in [-0.4, -0.2) is 21.7 Å². The number of nitrogens with zero attached hydrogens (tertiary/aromatic N) is 2. The lowest BCUT2D eigenvalue weighted by Gasteiger charge is -2.20. The quantitative estimate of drug-likeness (QED) is 0.719. The first-order valence-corrected chi connectivity index (χ1v) is 8.13. The summed E-state index contributed by atoms with van der Waals surface area (Å²) < 4.78 is 5.32. The van der Waals surface area contributed by atoms with E-state index in [0.717, 1.165) is 27.7 Å². The minimum absolute atomic E-state index is 0.464. The molecule has 1 N–H and O–H groups in total. The number of fused-ring (bicyclic) bond motifs is 1. The molecule has 0 saturated carbocycles. The van der Waals surface area contributed by atoms with Crippen molar-refractivity contribution in [3.05, 3.63) is 54.4 Å². The Hall–Kier alpha value is -2.95. The lowest BCUT2D eigenvalue weighted by atomic mass is 10.0. The van der Waals surface area contributed by atoms with Crippen LogP contribution < -0.4 is 5.32 Å². The summed E-state index contributed by atoms with van der Waals surface area (Å²) in [5, 5.41) is 2.80. The van der Waals surface area contributed by atoms with E-state index in [4.69, 9.17) is 4.74 Å². The number of hydrogen-bond donors (Lipinski definition) is 1. The third-order valence-corrected chi connectivity index (χ3v) is 3.53. The molecular weight excluding hydrogens is 314 g/mol. The third-order valence-electron chi connectivity index (χ3n) is 3.53. The predicted molar refractivity (Wildman–Crippen MR) is 99.6 cm³/mol. The lowest BCUT2D eigenvalue weighted by molar-refractivity contribution is 0.0636. The highest BCUT2D eigenvalue weighted by Crippen LogP contribution is 2.27. The molecule has 128 valence electrons. The molecule has 0 aliphatic heterocycles. The molecule has 5 heteroatoms. The highest BCUT2D eigenvalue weighted by molar-refractivity contribution is 5.87. The topological polar surface area (TPSA) is 64.1 Å². The standard InChI is InChI=1S/C20H21N3O2/c1-13-9-15(11-16(10-13)23-19(24)25-20(2,3)4)14-5-6-17-18(12-14)22-8-7-21-17/h5-12H,1-4H3,(H,23,24). The van der Waals surface area contributed by atoms with Gasteiger partial charge in [-0.05, 0) is 68.7 Å². The zero-order chi connectivity index (χ0) is 18.0. The van der Waals surface area contributed by atoms with Crippen molar-refractivity contribution in [2.45, 2.75) is 33.3 Å². The smallest absolute Gasteiger partial charge is 0.412 e. The molecule has 3 aromatic rings. The van der Waals surface area contributed by atoms with Crippen molar-refractivity contribution in [1.29, 1.82) is 0 Å². The van der Waals surface area contributed by atoms with Crippen molar-refractivity contribution in [3.63, 3.8) is 0 Å². The molecule has 0 radical (unpaired) electrons. The van der Waals surface area contributed by atoms with Crippen molar-refractivity contribution in [3.8, 4) is 11.1 Å². The van der Waals surface area contributed by atoms with E-state index in [-0.39, 0.29) is 0 Å². The Kier molecular flexibility index (Phi) is 4.40. The van der Waals surface area contributed by atoms with E-state index >= 15 is 0 Å². The molecule has 0 fully saturated rings. The Morgan fingerprint density at radius 2 is 1.68 bits per heavy atom. The summed E-state index contributed by atoms with van der Waals surface area (Å²) in [6.45, 7) is 7.50.